The van der Waals surface area contributed by atoms with E-state index in [1.54, 1.807) is 6.08 Å². The van der Waals surface area contributed by atoms with Crippen molar-refractivity contribution in [1.82, 2.24) is 0 Å². The third-order valence-corrected chi connectivity index (χ3v) is 5.75. The second-order valence-corrected chi connectivity index (χ2v) is 7.50. The Bertz CT molecular complexity index is 1320. The number of nitriles is 1. The molecule has 1 amide bonds. The summed E-state index contributed by atoms with van der Waals surface area (Å²) in [6, 6.07) is 24.1. The van der Waals surface area contributed by atoms with Crippen molar-refractivity contribution in [3.8, 4) is 6.07 Å². The summed E-state index contributed by atoms with van der Waals surface area (Å²) >= 11 is 0. The molecular weight excluding hydrogens is 368 g/mol. The van der Waals surface area contributed by atoms with Crippen molar-refractivity contribution in [2.75, 3.05) is 5.32 Å². The highest BCUT2D eigenvalue weighted by molar-refractivity contribution is 6.15. The van der Waals surface area contributed by atoms with Gasteiger partial charge in [0.25, 0.3) is 5.91 Å². The molecular formula is C27H22N2O. The number of benzene rings is 4. The van der Waals surface area contributed by atoms with E-state index in [1.165, 1.54) is 5.56 Å². The average Bonchev–Trinajstić information content (AvgIpc) is 2.77. The summed E-state index contributed by atoms with van der Waals surface area (Å²) < 4.78 is 0. The number of hydrogen-bond donors (Lipinski definition) is 1. The fraction of sp³-hybridized carbons (Fsp3) is 0.111. The number of carbonyl (C=O) groups excluding carboxylic acids is 1. The van der Waals surface area contributed by atoms with Gasteiger partial charge in [-0.1, -0.05) is 60.7 Å². The van der Waals surface area contributed by atoms with Crippen LogP contribution in [0.5, 0.6) is 0 Å². The lowest BCUT2D eigenvalue weighted by molar-refractivity contribution is -0.112. The number of aryl methyl sites for hydroxylation is 2. The zero-order valence-corrected chi connectivity index (χ0v) is 17.3. The van der Waals surface area contributed by atoms with E-state index in [1.807, 2.05) is 68.4 Å². The quantitative estimate of drug-likeness (QED) is 0.248. The SMILES string of the molecule is Cc1cccc(NC(=O)/C(C#N)=C\c2c3ccccc3c(C)c3ccccc23)c1C. The minimum Gasteiger partial charge on any atom is -0.321 e. The summed E-state index contributed by atoms with van der Waals surface area (Å²) in [4.78, 5) is 12.9. The predicted molar refractivity (Wildman–Crippen MR) is 124 cm³/mol. The monoisotopic (exact) mass is 390 g/mol. The van der Waals surface area contributed by atoms with Crippen LogP contribution in [-0.2, 0) is 4.79 Å². The maximum atomic E-state index is 12.9. The Morgan fingerprint density at radius 2 is 1.37 bits per heavy atom. The van der Waals surface area contributed by atoms with Crippen LogP contribution in [-0.4, -0.2) is 5.91 Å². The van der Waals surface area contributed by atoms with E-state index >= 15 is 0 Å². The molecule has 0 saturated heterocycles. The molecule has 0 spiro atoms. The summed E-state index contributed by atoms with van der Waals surface area (Å²) in [7, 11) is 0. The molecule has 3 nitrogen and oxygen atoms in total. The van der Waals surface area contributed by atoms with E-state index in [0.29, 0.717) is 0 Å². The second-order valence-electron chi connectivity index (χ2n) is 7.50. The molecule has 0 fully saturated rings. The first-order chi connectivity index (χ1) is 14.5. The topological polar surface area (TPSA) is 52.9 Å². The van der Waals surface area contributed by atoms with Crippen molar-refractivity contribution in [2.24, 2.45) is 0 Å². The molecule has 146 valence electrons. The molecule has 30 heavy (non-hydrogen) atoms. The molecule has 3 heteroatoms. The maximum Gasteiger partial charge on any atom is 0.266 e. The van der Waals surface area contributed by atoms with Crippen LogP contribution in [0.4, 0.5) is 5.69 Å². The van der Waals surface area contributed by atoms with Crippen LogP contribution >= 0.6 is 0 Å². The lowest BCUT2D eigenvalue weighted by Crippen LogP contribution is -2.14. The molecule has 0 aromatic heterocycles. The second kappa shape index (κ2) is 7.85. The van der Waals surface area contributed by atoms with Crippen LogP contribution in [0, 0.1) is 32.1 Å². The van der Waals surface area contributed by atoms with E-state index < -0.39 is 5.91 Å². The lowest BCUT2D eigenvalue weighted by Gasteiger charge is -2.13. The summed E-state index contributed by atoms with van der Waals surface area (Å²) in [5.74, 6) is -0.403. The highest BCUT2D eigenvalue weighted by atomic mass is 16.1. The molecule has 0 saturated carbocycles. The fourth-order valence-electron chi connectivity index (χ4n) is 3.90. The molecule has 4 aromatic carbocycles. The minimum atomic E-state index is -0.403. The van der Waals surface area contributed by atoms with E-state index in [4.69, 9.17) is 0 Å². The first-order valence-corrected chi connectivity index (χ1v) is 9.90. The van der Waals surface area contributed by atoms with Gasteiger partial charge >= 0.3 is 0 Å². The Morgan fingerprint density at radius 1 is 0.800 bits per heavy atom. The molecule has 1 N–H and O–H groups in total. The van der Waals surface area contributed by atoms with Gasteiger partial charge in [-0.2, -0.15) is 5.26 Å². The molecule has 0 atom stereocenters. The largest absolute Gasteiger partial charge is 0.321 e. The first-order valence-electron chi connectivity index (χ1n) is 9.90. The Morgan fingerprint density at radius 3 is 1.93 bits per heavy atom. The van der Waals surface area contributed by atoms with Gasteiger partial charge < -0.3 is 5.32 Å². The summed E-state index contributed by atoms with van der Waals surface area (Å²) in [5, 5.41) is 17.0. The van der Waals surface area contributed by atoms with Crippen molar-refractivity contribution in [1.29, 1.82) is 5.26 Å². The molecule has 4 aromatic rings. The number of rotatable bonds is 3. The number of carbonyl (C=O) groups is 1. The van der Waals surface area contributed by atoms with Gasteiger partial charge in [0.05, 0.1) is 0 Å². The van der Waals surface area contributed by atoms with Crippen molar-refractivity contribution in [2.45, 2.75) is 20.8 Å². The lowest BCUT2D eigenvalue weighted by atomic mass is 9.91. The summed E-state index contributed by atoms with van der Waals surface area (Å²) in [5.41, 5.74) is 4.96. The van der Waals surface area contributed by atoms with Crippen molar-refractivity contribution in [3.05, 3.63) is 94.6 Å². The molecule has 0 unspecified atom stereocenters. The molecule has 0 heterocycles. The summed E-state index contributed by atoms with van der Waals surface area (Å²) in [6.45, 7) is 6.06. The van der Waals surface area contributed by atoms with E-state index in [9.17, 15) is 10.1 Å². The van der Waals surface area contributed by atoms with Gasteiger partial charge in [0.1, 0.15) is 11.6 Å². The van der Waals surface area contributed by atoms with Crippen molar-refractivity contribution < 1.29 is 4.79 Å². The van der Waals surface area contributed by atoms with Gasteiger partial charge in [0, 0.05) is 5.69 Å². The average molecular weight is 390 g/mol. The van der Waals surface area contributed by atoms with Crippen LogP contribution in [0.2, 0.25) is 0 Å². The zero-order chi connectivity index (χ0) is 21.3. The number of amides is 1. The Balaban J connectivity index is 1.88. The zero-order valence-electron chi connectivity index (χ0n) is 17.3. The van der Waals surface area contributed by atoms with E-state index in [2.05, 4.69) is 30.4 Å². The summed E-state index contributed by atoms with van der Waals surface area (Å²) in [6.07, 6.45) is 1.71. The molecule has 0 bridgehead atoms. The highest BCUT2D eigenvalue weighted by Crippen LogP contribution is 2.34. The van der Waals surface area contributed by atoms with Gasteiger partial charge in [0.2, 0.25) is 0 Å². The van der Waals surface area contributed by atoms with Crippen LogP contribution in [0.1, 0.15) is 22.3 Å². The fourth-order valence-corrected chi connectivity index (χ4v) is 3.90. The Hall–Kier alpha value is -3.90. The highest BCUT2D eigenvalue weighted by Gasteiger charge is 2.15. The predicted octanol–water partition coefficient (Wildman–Crippen LogP) is 6.46. The number of nitrogens with zero attached hydrogens (tertiary/aromatic N) is 1. The normalized spacial score (nSPS) is 11.5. The number of hydrogen-bond acceptors (Lipinski definition) is 2. The number of anilines is 1. The Labute approximate surface area is 176 Å². The number of fused-ring (bicyclic) bond motifs is 2. The smallest absolute Gasteiger partial charge is 0.266 e. The van der Waals surface area contributed by atoms with Crippen LogP contribution in [0.15, 0.2) is 72.3 Å². The van der Waals surface area contributed by atoms with Crippen molar-refractivity contribution >= 4 is 39.2 Å². The molecule has 4 rings (SSSR count). The van der Waals surface area contributed by atoms with Gasteiger partial charge in [0.15, 0.2) is 0 Å². The van der Waals surface area contributed by atoms with Crippen LogP contribution in [0.25, 0.3) is 27.6 Å². The molecule has 0 aliphatic heterocycles. The van der Waals surface area contributed by atoms with E-state index in [0.717, 1.165) is 43.9 Å². The van der Waals surface area contributed by atoms with Crippen molar-refractivity contribution in [3.63, 3.8) is 0 Å². The number of nitrogens with one attached hydrogen (secondary N) is 1. The third-order valence-electron chi connectivity index (χ3n) is 5.75. The van der Waals surface area contributed by atoms with Gasteiger partial charge in [-0.3, -0.25) is 4.79 Å². The maximum absolute atomic E-state index is 12.9. The third kappa shape index (κ3) is 3.33. The minimum absolute atomic E-state index is 0.0788. The van der Waals surface area contributed by atoms with Gasteiger partial charge in [-0.05, 0) is 76.7 Å². The Kier molecular flexibility index (Phi) is 5.08. The first kappa shape index (κ1) is 19.4. The van der Waals surface area contributed by atoms with Crippen LogP contribution in [0.3, 0.4) is 0 Å². The molecule has 0 radical (unpaired) electrons. The van der Waals surface area contributed by atoms with Gasteiger partial charge in [-0.25, -0.2) is 0 Å². The standard InChI is InChI=1S/C27H22N2O/c1-17-9-8-14-26(18(17)2)29-27(30)20(16-28)15-25-23-12-6-4-10-21(23)19(3)22-11-5-7-13-24(22)25/h4-15H,1-3H3,(H,29,30)/b20-15-. The molecule has 0 aliphatic rings. The van der Waals surface area contributed by atoms with E-state index in [-0.39, 0.29) is 5.57 Å². The molecule has 0 aliphatic carbocycles. The van der Waals surface area contributed by atoms with Crippen LogP contribution < -0.4 is 5.32 Å². The van der Waals surface area contributed by atoms with Gasteiger partial charge in [-0.15, -0.1) is 0 Å².